The summed E-state index contributed by atoms with van der Waals surface area (Å²) in [7, 11) is 0. The van der Waals surface area contributed by atoms with Crippen molar-refractivity contribution in [2.24, 2.45) is 0 Å². The van der Waals surface area contributed by atoms with Crippen LogP contribution in [0.4, 0.5) is 4.39 Å². The summed E-state index contributed by atoms with van der Waals surface area (Å²) in [6.07, 6.45) is -0.701. The average Bonchev–Trinajstić information content (AvgIpc) is 2.85. The third-order valence-electron chi connectivity index (χ3n) is 3.61. The van der Waals surface area contributed by atoms with Gasteiger partial charge in [-0.3, -0.25) is 9.69 Å². The molecule has 1 aliphatic rings. The van der Waals surface area contributed by atoms with Crippen LogP contribution in [0.1, 0.15) is 17.5 Å². The van der Waals surface area contributed by atoms with Crippen LogP contribution in [-0.4, -0.2) is 47.8 Å². The Labute approximate surface area is 123 Å². The first-order valence-electron chi connectivity index (χ1n) is 6.87. The van der Waals surface area contributed by atoms with Crippen LogP contribution in [0.5, 0.6) is 0 Å². The van der Waals surface area contributed by atoms with E-state index in [1.807, 2.05) is 6.07 Å². The van der Waals surface area contributed by atoms with Crippen molar-refractivity contribution in [3.63, 3.8) is 0 Å². The molecule has 0 unspecified atom stereocenters. The lowest BCUT2D eigenvalue weighted by Gasteiger charge is -2.21. The molecule has 1 amide bonds. The minimum absolute atomic E-state index is 0.0852. The van der Waals surface area contributed by atoms with Crippen LogP contribution in [0.15, 0.2) is 24.3 Å². The first-order valence-corrected chi connectivity index (χ1v) is 6.87. The van der Waals surface area contributed by atoms with Crippen molar-refractivity contribution in [1.82, 2.24) is 10.2 Å². The summed E-state index contributed by atoms with van der Waals surface area (Å²) in [4.78, 5) is 13.5. The number of nitrogens with zero attached hydrogens (tertiary/aromatic N) is 2. The maximum Gasteiger partial charge on any atom is 0.234 e. The molecule has 0 saturated carbocycles. The lowest BCUT2D eigenvalue weighted by atomic mass is 10.1. The summed E-state index contributed by atoms with van der Waals surface area (Å²) >= 11 is 0. The Morgan fingerprint density at radius 1 is 1.48 bits per heavy atom. The van der Waals surface area contributed by atoms with Gasteiger partial charge in [-0.25, -0.2) is 4.39 Å². The predicted octanol–water partition coefficient (Wildman–Crippen LogP) is 0.579. The molecule has 1 aliphatic heterocycles. The smallest absolute Gasteiger partial charge is 0.234 e. The summed E-state index contributed by atoms with van der Waals surface area (Å²) < 4.78 is 13.3. The van der Waals surface area contributed by atoms with Crippen LogP contribution in [0.25, 0.3) is 0 Å². The molecule has 112 valence electrons. The number of aliphatic hydroxyl groups is 1. The topological polar surface area (TPSA) is 76.4 Å². The fraction of sp³-hybridized carbons (Fsp3) is 0.467. The van der Waals surface area contributed by atoms with E-state index in [1.165, 1.54) is 0 Å². The molecule has 1 aromatic rings. The summed E-state index contributed by atoms with van der Waals surface area (Å²) in [5.74, 6) is -0.202. The number of carbonyl (C=O) groups excluding carboxylic acids is 1. The first-order chi connectivity index (χ1) is 10.1. The van der Waals surface area contributed by atoms with Crippen LogP contribution < -0.4 is 5.32 Å². The second-order valence-corrected chi connectivity index (χ2v) is 5.18. The normalized spacial score (nSPS) is 22.0. The number of hydrogen-bond donors (Lipinski definition) is 2. The number of hydrogen-bond acceptors (Lipinski definition) is 4. The highest BCUT2D eigenvalue weighted by Crippen LogP contribution is 2.19. The van der Waals surface area contributed by atoms with E-state index in [4.69, 9.17) is 10.4 Å². The lowest BCUT2D eigenvalue weighted by Crippen LogP contribution is -2.41. The number of nitrogens with one attached hydrogen (secondary N) is 1. The number of amides is 1. The van der Waals surface area contributed by atoms with E-state index >= 15 is 0 Å². The number of carbonyl (C=O) groups is 1. The summed E-state index contributed by atoms with van der Waals surface area (Å²) in [6, 6.07) is 8.70. The van der Waals surface area contributed by atoms with Crippen molar-refractivity contribution in [3.05, 3.63) is 35.4 Å². The largest absolute Gasteiger partial charge is 0.395 e. The minimum Gasteiger partial charge on any atom is -0.395 e. The molecule has 0 spiro atoms. The van der Waals surface area contributed by atoms with E-state index in [0.29, 0.717) is 12.1 Å². The molecular formula is C15H18FN3O2. The third kappa shape index (κ3) is 4.25. The first kappa shape index (κ1) is 15.4. The number of benzene rings is 1. The van der Waals surface area contributed by atoms with Gasteiger partial charge in [0.25, 0.3) is 0 Å². The quantitative estimate of drug-likeness (QED) is 0.832. The van der Waals surface area contributed by atoms with Gasteiger partial charge >= 0.3 is 0 Å². The van der Waals surface area contributed by atoms with Gasteiger partial charge in [0.1, 0.15) is 6.17 Å². The van der Waals surface area contributed by atoms with Gasteiger partial charge in [0.2, 0.25) is 5.91 Å². The standard InChI is InChI=1S/C15H18FN3O2/c16-13-5-14(10-20)19(8-13)9-15(21)18-7-12-3-1-11(6-17)2-4-12/h1-4,13-14,20H,5,7-10H2,(H,18,21)/t13-,14-/m0/s1. The van der Waals surface area contributed by atoms with Crippen molar-refractivity contribution in [2.75, 3.05) is 19.7 Å². The molecule has 6 heteroatoms. The van der Waals surface area contributed by atoms with Crippen LogP contribution in [-0.2, 0) is 11.3 Å². The van der Waals surface area contributed by atoms with E-state index in [9.17, 15) is 9.18 Å². The minimum atomic E-state index is -0.978. The highest BCUT2D eigenvalue weighted by molar-refractivity contribution is 5.78. The van der Waals surface area contributed by atoms with Gasteiger partial charge in [-0.2, -0.15) is 5.26 Å². The Bertz CT molecular complexity index is 527. The average molecular weight is 291 g/mol. The van der Waals surface area contributed by atoms with E-state index in [0.717, 1.165) is 5.56 Å². The van der Waals surface area contributed by atoms with Gasteiger partial charge in [0, 0.05) is 19.1 Å². The molecule has 1 saturated heterocycles. The maximum atomic E-state index is 13.3. The number of rotatable bonds is 5. The van der Waals surface area contributed by atoms with Crippen molar-refractivity contribution < 1.29 is 14.3 Å². The van der Waals surface area contributed by atoms with Crippen LogP contribution in [0.2, 0.25) is 0 Å². The number of aliphatic hydroxyl groups excluding tert-OH is 1. The molecule has 2 rings (SSSR count). The molecule has 5 nitrogen and oxygen atoms in total. The van der Waals surface area contributed by atoms with Gasteiger partial charge in [0.15, 0.2) is 0 Å². The molecule has 1 heterocycles. The second-order valence-electron chi connectivity index (χ2n) is 5.18. The second kappa shape index (κ2) is 7.16. The van der Waals surface area contributed by atoms with Crippen LogP contribution in [0, 0.1) is 11.3 Å². The van der Waals surface area contributed by atoms with Crippen molar-refractivity contribution >= 4 is 5.91 Å². The highest BCUT2D eigenvalue weighted by Gasteiger charge is 2.32. The van der Waals surface area contributed by atoms with Crippen molar-refractivity contribution in [1.29, 1.82) is 5.26 Å². The van der Waals surface area contributed by atoms with Crippen molar-refractivity contribution in [2.45, 2.75) is 25.2 Å². The molecule has 0 bridgehead atoms. The predicted molar refractivity (Wildman–Crippen MR) is 75.0 cm³/mol. The lowest BCUT2D eigenvalue weighted by molar-refractivity contribution is -0.122. The molecular weight excluding hydrogens is 273 g/mol. The molecule has 0 aromatic heterocycles. The molecule has 2 N–H and O–H groups in total. The number of alkyl halides is 1. The zero-order chi connectivity index (χ0) is 15.2. The number of likely N-dealkylation sites (tertiary alicyclic amines) is 1. The van der Waals surface area contributed by atoms with Crippen LogP contribution >= 0.6 is 0 Å². The SMILES string of the molecule is N#Cc1ccc(CNC(=O)CN2C[C@@H](F)C[C@H]2CO)cc1. The fourth-order valence-electron chi connectivity index (χ4n) is 2.44. The van der Waals surface area contributed by atoms with E-state index in [-0.39, 0.29) is 38.1 Å². The monoisotopic (exact) mass is 291 g/mol. The molecule has 0 radical (unpaired) electrons. The summed E-state index contributed by atoms with van der Waals surface area (Å²) in [5, 5.41) is 20.6. The van der Waals surface area contributed by atoms with Gasteiger partial charge < -0.3 is 10.4 Å². The highest BCUT2D eigenvalue weighted by atomic mass is 19.1. The Balaban J connectivity index is 1.80. The Morgan fingerprint density at radius 3 is 2.81 bits per heavy atom. The van der Waals surface area contributed by atoms with Crippen LogP contribution in [0.3, 0.4) is 0 Å². The Hall–Kier alpha value is -1.97. The van der Waals surface area contributed by atoms with Gasteiger partial charge in [-0.1, -0.05) is 12.1 Å². The van der Waals surface area contributed by atoms with E-state index in [2.05, 4.69) is 5.32 Å². The molecule has 2 atom stereocenters. The van der Waals surface area contributed by atoms with Gasteiger partial charge in [-0.15, -0.1) is 0 Å². The number of nitriles is 1. The van der Waals surface area contributed by atoms with E-state index < -0.39 is 6.17 Å². The van der Waals surface area contributed by atoms with Crippen molar-refractivity contribution in [3.8, 4) is 6.07 Å². The molecule has 0 aliphatic carbocycles. The van der Waals surface area contributed by atoms with E-state index in [1.54, 1.807) is 29.2 Å². The molecule has 21 heavy (non-hydrogen) atoms. The summed E-state index contributed by atoms with van der Waals surface area (Å²) in [6.45, 7) is 0.502. The summed E-state index contributed by atoms with van der Waals surface area (Å²) in [5.41, 5.74) is 1.47. The Morgan fingerprint density at radius 2 is 2.19 bits per heavy atom. The van der Waals surface area contributed by atoms with Gasteiger partial charge in [-0.05, 0) is 24.1 Å². The van der Waals surface area contributed by atoms with Gasteiger partial charge in [0.05, 0.1) is 24.8 Å². The number of halogens is 1. The zero-order valence-electron chi connectivity index (χ0n) is 11.6. The fourth-order valence-corrected chi connectivity index (χ4v) is 2.44. The molecule has 1 fully saturated rings. The maximum absolute atomic E-state index is 13.3. The zero-order valence-corrected chi connectivity index (χ0v) is 11.6. The molecule has 1 aromatic carbocycles. The third-order valence-corrected chi connectivity index (χ3v) is 3.61. The Kier molecular flexibility index (Phi) is 5.26.